The van der Waals surface area contributed by atoms with Crippen LogP contribution in [-0.4, -0.2) is 40.7 Å². The maximum Gasteiger partial charge on any atom is 0.203 e. The van der Waals surface area contributed by atoms with Crippen molar-refractivity contribution >= 4 is 5.71 Å². The van der Waals surface area contributed by atoms with Crippen LogP contribution in [0.2, 0.25) is 0 Å². The maximum absolute atomic E-state index is 5.70. The van der Waals surface area contributed by atoms with Gasteiger partial charge in [0, 0.05) is 18.5 Å². The first-order valence-corrected chi connectivity index (χ1v) is 10.3. The Hall–Kier alpha value is -3.13. The standard InChI is InChI=1S/C21H26N2O6.C2H6/c1-6-22-28-18-9-13(7-8-16(18)24-2)17-12-15(23-29-17)14-10-19(25-3)21(27-5)20(11-14)26-4;1-2/h7-11,17,22H,6,12H2,1-5H3;1-2H3. The Bertz CT molecular complexity index is 859. The average molecular weight is 433 g/mol. The van der Waals surface area contributed by atoms with Gasteiger partial charge in [0.1, 0.15) is 0 Å². The van der Waals surface area contributed by atoms with Gasteiger partial charge in [-0.2, -0.15) is 5.48 Å². The lowest BCUT2D eigenvalue weighted by Crippen LogP contribution is -2.18. The predicted molar refractivity (Wildman–Crippen MR) is 120 cm³/mol. The highest BCUT2D eigenvalue weighted by molar-refractivity contribution is 6.02. The Morgan fingerprint density at radius 1 is 0.903 bits per heavy atom. The van der Waals surface area contributed by atoms with Gasteiger partial charge in [-0.25, -0.2) is 0 Å². The molecule has 1 aliphatic rings. The van der Waals surface area contributed by atoms with Crippen LogP contribution in [0.25, 0.3) is 0 Å². The molecule has 0 aliphatic carbocycles. The number of nitrogens with zero attached hydrogens (tertiary/aromatic N) is 1. The van der Waals surface area contributed by atoms with Gasteiger partial charge in [0.15, 0.2) is 29.1 Å². The van der Waals surface area contributed by atoms with Gasteiger partial charge in [0.2, 0.25) is 5.75 Å². The quantitative estimate of drug-likeness (QED) is 0.584. The lowest BCUT2D eigenvalue weighted by Gasteiger charge is -2.15. The van der Waals surface area contributed by atoms with Gasteiger partial charge >= 0.3 is 0 Å². The number of ether oxygens (including phenoxy) is 4. The van der Waals surface area contributed by atoms with Gasteiger partial charge in [-0.05, 0) is 36.8 Å². The number of nitrogens with one attached hydrogen (secondary N) is 1. The molecule has 0 fully saturated rings. The summed E-state index contributed by atoms with van der Waals surface area (Å²) in [5, 5.41) is 4.28. The number of hydrogen-bond donors (Lipinski definition) is 1. The van der Waals surface area contributed by atoms with Crippen LogP contribution in [-0.2, 0) is 4.84 Å². The van der Waals surface area contributed by atoms with Crippen molar-refractivity contribution in [3.8, 4) is 28.7 Å². The van der Waals surface area contributed by atoms with Crippen molar-refractivity contribution in [2.24, 2.45) is 5.16 Å². The van der Waals surface area contributed by atoms with E-state index in [9.17, 15) is 0 Å². The number of rotatable bonds is 9. The van der Waals surface area contributed by atoms with Crippen LogP contribution < -0.4 is 29.3 Å². The van der Waals surface area contributed by atoms with E-state index in [1.165, 1.54) is 0 Å². The van der Waals surface area contributed by atoms with Crippen molar-refractivity contribution < 1.29 is 28.6 Å². The first-order valence-electron chi connectivity index (χ1n) is 10.3. The Kier molecular flexibility index (Phi) is 9.27. The van der Waals surface area contributed by atoms with Crippen LogP contribution in [0.4, 0.5) is 0 Å². The normalized spacial score (nSPS) is 14.5. The van der Waals surface area contributed by atoms with Crippen molar-refractivity contribution in [3.63, 3.8) is 0 Å². The molecule has 1 atom stereocenters. The van der Waals surface area contributed by atoms with E-state index in [1.54, 1.807) is 28.4 Å². The van der Waals surface area contributed by atoms with Crippen molar-refractivity contribution in [1.82, 2.24) is 5.48 Å². The molecule has 1 N–H and O–H groups in total. The van der Waals surface area contributed by atoms with Gasteiger partial charge < -0.3 is 28.6 Å². The van der Waals surface area contributed by atoms with E-state index >= 15 is 0 Å². The van der Waals surface area contributed by atoms with Crippen molar-refractivity contribution in [2.75, 3.05) is 35.0 Å². The molecule has 8 heteroatoms. The van der Waals surface area contributed by atoms with Crippen LogP contribution in [0.5, 0.6) is 28.7 Å². The number of hydroxylamine groups is 1. The van der Waals surface area contributed by atoms with Gasteiger partial charge in [0.05, 0.1) is 34.2 Å². The summed E-state index contributed by atoms with van der Waals surface area (Å²) in [6.07, 6.45) is 0.352. The molecule has 170 valence electrons. The molecule has 0 amide bonds. The molecule has 3 rings (SSSR count). The molecule has 0 spiro atoms. The fourth-order valence-corrected chi connectivity index (χ4v) is 3.10. The molecule has 31 heavy (non-hydrogen) atoms. The number of benzene rings is 2. The summed E-state index contributed by atoms with van der Waals surface area (Å²) in [6.45, 7) is 6.62. The molecule has 8 nitrogen and oxygen atoms in total. The molecule has 0 bridgehead atoms. The van der Waals surface area contributed by atoms with Gasteiger partial charge in [0.25, 0.3) is 0 Å². The zero-order valence-electron chi connectivity index (χ0n) is 19.3. The first-order chi connectivity index (χ1) is 15.1. The fourth-order valence-electron chi connectivity index (χ4n) is 3.10. The third-order valence-electron chi connectivity index (χ3n) is 4.55. The highest BCUT2D eigenvalue weighted by Crippen LogP contribution is 2.41. The minimum absolute atomic E-state index is 0.237. The number of methoxy groups -OCH3 is 4. The van der Waals surface area contributed by atoms with Crippen LogP contribution in [0.15, 0.2) is 35.5 Å². The Labute approximate surface area is 184 Å². The lowest BCUT2D eigenvalue weighted by atomic mass is 9.99. The SMILES string of the molecule is CC.CCNOc1cc(C2CC(c3cc(OC)c(OC)c(OC)c3)=NO2)ccc1OC. The van der Waals surface area contributed by atoms with E-state index in [1.807, 2.05) is 51.1 Å². The summed E-state index contributed by atoms with van der Waals surface area (Å²) in [5.74, 6) is 2.91. The van der Waals surface area contributed by atoms with E-state index in [2.05, 4.69) is 10.6 Å². The van der Waals surface area contributed by atoms with Crippen LogP contribution in [0.3, 0.4) is 0 Å². The Balaban J connectivity index is 0.00000166. The second kappa shape index (κ2) is 11.9. The molecule has 0 radical (unpaired) electrons. The summed E-state index contributed by atoms with van der Waals surface area (Å²) in [5.41, 5.74) is 5.41. The molecular formula is C23H32N2O6. The zero-order valence-corrected chi connectivity index (χ0v) is 19.3. The predicted octanol–water partition coefficient (Wildman–Crippen LogP) is 4.52. The van der Waals surface area contributed by atoms with E-state index in [-0.39, 0.29) is 6.10 Å². The number of hydrogen-bond acceptors (Lipinski definition) is 8. The summed E-state index contributed by atoms with van der Waals surface area (Å²) in [6, 6.07) is 9.40. The Morgan fingerprint density at radius 3 is 2.10 bits per heavy atom. The smallest absolute Gasteiger partial charge is 0.203 e. The number of oxime groups is 1. The highest BCUT2D eigenvalue weighted by atomic mass is 16.7. The summed E-state index contributed by atoms with van der Waals surface area (Å²) in [4.78, 5) is 11.3. The summed E-state index contributed by atoms with van der Waals surface area (Å²) >= 11 is 0. The van der Waals surface area contributed by atoms with Crippen LogP contribution >= 0.6 is 0 Å². The van der Waals surface area contributed by atoms with E-state index in [4.69, 9.17) is 28.6 Å². The van der Waals surface area contributed by atoms with Gasteiger partial charge in [-0.1, -0.05) is 25.1 Å². The van der Waals surface area contributed by atoms with Crippen LogP contribution in [0.1, 0.15) is 44.4 Å². The zero-order chi connectivity index (χ0) is 22.8. The molecule has 0 aromatic heterocycles. The van der Waals surface area contributed by atoms with Crippen molar-refractivity contribution in [2.45, 2.75) is 33.3 Å². The summed E-state index contributed by atoms with van der Waals surface area (Å²) < 4.78 is 21.6. The van der Waals surface area contributed by atoms with Crippen molar-refractivity contribution in [3.05, 3.63) is 41.5 Å². The average Bonchev–Trinajstić information content (AvgIpc) is 3.33. The monoisotopic (exact) mass is 432 g/mol. The second-order valence-electron chi connectivity index (χ2n) is 6.26. The molecule has 2 aromatic rings. The van der Waals surface area contributed by atoms with Gasteiger partial charge in [-0.3, -0.25) is 0 Å². The molecule has 2 aromatic carbocycles. The van der Waals surface area contributed by atoms with Crippen molar-refractivity contribution in [1.29, 1.82) is 0 Å². The first kappa shape index (κ1) is 24.1. The topological polar surface area (TPSA) is 79.8 Å². The summed E-state index contributed by atoms with van der Waals surface area (Å²) in [7, 11) is 6.34. The molecule has 1 heterocycles. The highest BCUT2D eigenvalue weighted by Gasteiger charge is 2.27. The molecule has 0 saturated heterocycles. The molecule has 1 aliphatic heterocycles. The maximum atomic E-state index is 5.70. The minimum atomic E-state index is -0.237. The van der Waals surface area contributed by atoms with E-state index in [0.717, 1.165) is 16.8 Å². The second-order valence-corrected chi connectivity index (χ2v) is 6.26. The third-order valence-corrected chi connectivity index (χ3v) is 4.55. The van der Waals surface area contributed by atoms with E-state index in [0.29, 0.717) is 41.7 Å². The lowest BCUT2D eigenvalue weighted by molar-refractivity contribution is 0.0852. The Morgan fingerprint density at radius 2 is 1.55 bits per heavy atom. The van der Waals surface area contributed by atoms with E-state index < -0.39 is 0 Å². The molecule has 0 saturated carbocycles. The van der Waals surface area contributed by atoms with Crippen LogP contribution in [0, 0.1) is 0 Å². The minimum Gasteiger partial charge on any atom is -0.493 e. The van der Waals surface area contributed by atoms with Gasteiger partial charge in [-0.15, -0.1) is 0 Å². The third kappa shape index (κ3) is 5.52. The largest absolute Gasteiger partial charge is 0.493 e. The fraction of sp³-hybridized carbons (Fsp3) is 0.435. The molecule has 1 unspecified atom stereocenters. The molecular weight excluding hydrogens is 400 g/mol.